The lowest BCUT2D eigenvalue weighted by Gasteiger charge is -2.19. The summed E-state index contributed by atoms with van der Waals surface area (Å²) in [5.41, 5.74) is 1.94. The minimum Gasteiger partial charge on any atom is -0.481 e. The summed E-state index contributed by atoms with van der Waals surface area (Å²) >= 11 is 3.45. The Morgan fingerprint density at radius 1 is 1.14 bits per heavy atom. The van der Waals surface area contributed by atoms with E-state index in [2.05, 4.69) is 21.2 Å². The molecule has 0 aliphatic carbocycles. The van der Waals surface area contributed by atoms with Crippen molar-refractivity contribution in [1.82, 2.24) is 5.32 Å². The van der Waals surface area contributed by atoms with E-state index in [1.165, 1.54) is 0 Å². The van der Waals surface area contributed by atoms with Crippen molar-refractivity contribution in [2.24, 2.45) is 0 Å². The fraction of sp³-hybridized carbons (Fsp3) is 0.235. The molecule has 0 aliphatic rings. The van der Waals surface area contributed by atoms with Crippen molar-refractivity contribution in [2.45, 2.75) is 18.9 Å². The van der Waals surface area contributed by atoms with Gasteiger partial charge < -0.3 is 10.4 Å². The fourth-order valence-electron chi connectivity index (χ4n) is 2.22. The Hall–Kier alpha value is -1.65. The lowest BCUT2D eigenvalue weighted by atomic mass is 9.98. The van der Waals surface area contributed by atoms with Crippen molar-refractivity contribution in [3.05, 3.63) is 70.2 Å². The summed E-state index contributed by atoms with van der Waals surface area (Å²) in [6, 6.07) is 17.4. The predicted molar refractivity (Wildman–Crippen MR) is 87.4 cm³/mol. The third-order valence-electron chi connectivity index (χ3n) is 3.48. The smallest absolute Gasteiger partial charge is 0.312 e. The zero-order chi connectivity index (χ0) is 15.2. The van der Waals surface area contributed by atoms with Gasteiger partial charge in [0, 0.05) is 17.1 Å². The lowest BCUT2D eigenvalue weighted by molar-refractivity contribution is -0.138. The second-order valence-electron chi connectivity index (χ2n) is 4.99. The van der Waals surface area contributed by atoms with Crippen molar-refractivity contribution >= 4 is 21.9 Å². The molecular weight excluding hydrogens is 330 g/mol. The van der Waals surface area contributed by atoms with Gasteiger partial charge in [-0.2, -0.15) is 0 Å². The SMILES string of the molecule is C[C@H](NCC(C(=O)O)c1ccccc1)c1cccc(Br)c1. The van der Waals surface area contributed by atoms with Gasteiger partial charge in [0.05, 0.1) is 5.92 Å². The van der Waals surface area contributed by atoms with E-state index in [-0.39, 0.29) is 6.04 Å². The summed E-state index contributed by atoms with van der Waals surface area (Å²) in [6.45, 7) is 2.43. The number of carboxylic acids is 1. The first kappa shape index (κ1) is 15.7. The second-order valence-corrected chi connectivity index (χ2v) is 5.90. The van der Waals surface area contributed by atoms with E-state index in [0.29, 0.717) is 6.54 Å². The Morgan fingerprint density at radius 3 is 2.43 bits per heavy atom. The van der Waals surface area contributed by atoms with Crippen LogP contribution in [0.5, 0.6) is 0 Å². The Bertz CT molecular complexity index is 601. The van der Waals surface area contributed by atoms with Gasteiger partial charge in [-0.1, -0.05) is 58.4 Å². The third-order valence-corrected chi connectivity index (χ3v) is 3.97. The molecule has 0 amide bonds. The highest BCUT2D eigenvalue weighted by molar-refractivity contribution is 9.10. The van der Waals surface area contributed by atoms with Crippen LogP contribution in [0.25, 0.3) is 0 Å². The summed E-state index contributed by atoms with van der Waals surface area (Å²) in [5, 5.41) is 12.7. The van der Waals surface area contributed by atoms with Crippen LogP contribution in [0.15, 0.2) is 59.1 Å². The lowest BCUT2D eigenvalue weighted by Crippen LogP contribution is -2.29. The van der Waals surface area contributed by atoms with Crippen LogP contribution in [0.3, 0.4) is 0 Å². The molecule has 0 radical (unpaired) electrons. The molecule has 0 saturated carbocycles. The topological polar surface area (TPSA) is 49.3 Å². The number of halogens is 1. The quantitative estimate of drug-likeness (QED) is 0.831. The van der Waals surface area contributed by atoms with Crippen LogP contribution in [-0.2, 0) is 4.79 Å². The number of hydrogen-bond acceptors (Lipinski definition) is 2. The molecule has 0 aromatic heterocycles. The zero-order valence-electron chi connectivity index (χ0n) is 11.8. The van der Waals surface area contributed by atoms with E-state index in [0.717, 1.165) is 15.6 Å². The van der Waals surface area contributed by atoms with Gasteiger partial charge in [-0.3, -0.25) is 4.79 Å². The van der Waals surface area contributed by atoms with Gasteiger partial charge >= 0.3 is 5.97 Å². The highest BCUT2D eigenvalue weighted by Gasteiger charge is 2.20. The van der Waals surface area contributed by atoms with Gasteiger partial charge in [0.15, 0.2) is 0 Å². The minimum atomic E-state index is -0.810. The molecular formula is C17H18BrNO2. The number of rotatable bonds is 6. The van der Waals surface area contributed by atoms with Gasteiger partial charge in [-0.05, 0) is 30.2 Å². The van der Waals surface area contributed by atoms with Crippen LogP contribution < -0.4 is 5.32 Å². The van der Waals surface area contributed by atoms with Crippen LogP contribution in [0.4, 0.5) is 0 Å². The van der Waals surface area contributed by atoms with Gasteiger partial charge in [-0.15, -0.1) is 0 Å². The molecule has 0 aliphatic heterocycles. The third kappa shape index (κ3) is 4.41. The van der Waals surface area contributed by atoms with E-state index in [4.69, 9.17) is 0 Å². The molecule has 21 heavy (non-hydrogen) atoms. The molecule has 2 aromatic carbocycles. The molecule has 3 nitrogen and oxygen atoms in total. The summed E-state index contributed by atoms with van der Waals surface area (Å²) in [4.78, 5) is 11.5. The minimum absolute atomic E-state index is 0.0908. The second kappa shape index (κ2) is 7.38. The number of aliphatic carboxylic acids is 1. The molecule has 2 rings (SSSR count). The number of carbonyl (C=O) groups is 1. The van der Waals surface area contributed by atoms with Crippen molar-refractivity contribution in [2.75, 3.05) is 6.54 Å². The predicted octanol–water partition coefficient (Wildman–Crippen LogP) is 3.97. The Kier molecular flexibility index (Phi) is 5.53. The highest BCUT2D eigenvalue weighted by atomic mass is 79.9. The maximum atomic E-state index is 11.5. The monoisotopic (exact) mass is 347 g/mol. The molecule has 2 aromatic rings. The zero-order valence-corrected chi connectivity index (χ0v) is 13.4. The summed E-state index contributed by atoms with van der Waals surface area (Å²) < 4.78 is 1.02. The van der Waals surface area contributed by atoms with E-state index >= 15 is 0 Å². The van der Waals surface area contributed by atoms with Crippen LogP contribution in [-0.4, -0.2) is 17.6 Å². The standard InChI is InChI=1S/C17H18BrNO2/c1-12(14-8-5-9-15(18)10-14)19-11-16(17(20)21)13-6-3-2-4-7-13/h2-10,12,16,19H,11H2,1H3,(H,20,21)/t12-,16?/m0/s1. The Morgan fingerprint density at radius 2 is 1.81 bits per heavy atom. The van der Waals surface area contributed by atoms with Gasteiger partial charge in [0.1, 0.15) is 0 Å². The molecule has 4 heteroatoms. The number of benzene rings is 2. The number of carboxylic acid groups (broad SMARTS) is 1. The first-order valence-electron chi connectivity index (χ1n) is 6.84. The van der Waals surface area contributed by atoms with Crippen molar-refractivity contribution < 1.29 is 9.90 Å². The van der Waals surface area contributed by atoms with E-state index in [9.17, 15) is 9.90 Å². The number of nitrogens with one attached hydrogen (secondary N) is 1. The van der Waals surface area contributed by atoms with Crippen LogP contribution in [0.2, 0.25) is 0 Å². The molecule has 2 atom stereocenters. The van der Waals surface area contributed by atoms with Gasteiger partial charge in [0.2, 0.25) is 0 Å². The van der Waals surface area contributed by atoms with E-state index in [1.807, 2.05) is 61.5 Å². The first-order valence-corrected chi connectivity index (χ1v) is 7.64. The molecule has 0 fully saturated rings. The molecule has 0 heterocycles. The van der Waals surface area contributed by atoms with Crippen molar-refractivity contribution in [3.8, 4) is 0 Å². The number of hydrogen-bond donors (Lipinski definition) is 2. The first-order chi connectivity index (χ1) is 10.1. The van der Waals surface area contributed by atoms with Crippen LogP contribution in [0.1, 0.15) is 30.0 Å². The average molecular weight is 348 g/mol. The highest BCUT2D eigenvalue weighted by Crippen LogP contribution is 2.20. The maximum absolute atomic E-state index is 11.5. The normalized spacial score (nSPS) is 13.6. The van der Waals surface area contributed by atoms with Crippen LogP contribution >= 0.6 is 15.9 Å². The van der Waals surface area contributed by atoms with Gasteiger partial charge in [0.25, 0.3) is 0 Å². The molecule has 1 unspecified atom stereocenters. The molecule has 0 spiro atoms. The van der Waals surface area contributed by atoms with Crippen molar-refractivity contribution in [3.63, 3.8) is 0 Å². The summed E-state index contributed by atoms with van der Waals surface area (Å²) in [5.74, 6) is -1.35. The van der Waals surface area contributed by atoms with E-state index in [1.54, 1.807) is 0 Å². The Labute approximate surface area is 133 Å². The van der Waals surface area contributed by atoms with Crippen LogP contribution in [0, 0.1) is 0 Å². The van der Waals surface area contributed by atoms with Crippen molar-refractivity contribution in [1.29, 1.82) is 0 Å². The summed E-state index contributed by atoms with van der Waals surface area (Å²) in [7, 11) is 0. The molecule has 2 N–H and O–H groups in total. The average Bonchev–Trinajstić information content (AvgIpc) is 2.48. The molecule has 110 valence electrons. The Balaban J connectivity index is 2.04. The van der Waals surface area contributed by atoms with Gasteiger partial charge in [-0.25, -0.2) is 0 Å². The largest absolute Gasteiger partial charge is 0.481 e. The fourth-order valence-corrected chi connectivity index (χ4v) is 2.64. The molecule has 0 bridgehead atoms. The maximum Gasteiger partial charge on any atom is 0.312 e. The summed E-state index contributed by atoms with van der Waals surface area (Å²) in [6.07, 6.45) is 0. The van der Waals surface area contributed by atoms with E-state index < -0.39 is 11.9 Å². The molecule has 0 saturated heterocycles.